The van der Waals surface area contributed by atoms with Crippen LogP contribution in [0.5, 0.6) is 0 Å². The molecule has 1 aliphatic carbocycles. The molecule has 1 aromatic heterocycles. The largest absolute Gasteiger partial charge is 0.384 e. The van der Waals surface area contributed by atoms with Crippen molar-refractivity contribution in [2.75, 3.05) is 24.7 Å². The number of nitrogens with two attached hydrogens (primary N) is 1. The zero-order chi connectivity index (χ0) is 13.2. The van der Waals surface area contributed by atoms with Crippen LogP contribution in [0.2, 0.25) is 0 Å². The van der Waals surface area contributed by atoms with Crippen LogP contribution in [0.25, 0.3) is 0 Å². The third-order valence-electron chi connectivity index (χ3n) is 3.57. The zero-order valence-corrected chi connectivity index (χ0v) is 11.4. The van der Waals surface area contributed by atoms with E-state index in [1.807, 2.05) is 0 Å². The first-order chi connectivity index (χ1) is 8.54. The first kappa shape index (κ1) is 13.1. The summed E-state index contributed by atoms with van der Waals surface area (Å²) in [7, 11) is 1.77. The third-order valence-corrected chi connectivity index (χ3v) is 3.57. The highest BCUT2D eigenvalue weighted by atomic mass is 16.5. The van der Waals surface area contributed by atoms with Crippen molar-refractivity contribution in [1.29, 1.82) is 0 Å². The van der Waals surface area contributed by atoms with Crippen LogP contribution in [0.4, 0.5) is 11.6 Å². The van der Waals surface area contributed by atoms with Crippen molar-refractivity contribution in [2.45, 2.75) is 44.6 Å². The average Bonchev–Trinajstić information content (AvgIpc) is 2.27. The van der Waals surface area contributed by atoms with Crippen molar-refractivity contribution in [3.05, 3.63) is 11.9 Å². The second kappa shape index (κ2) is 5.10. The van der Waals surface area contributed by atoms with Crippen LogP contribution in [-0.2, 0) is 4.74 Å². The molecule has 0 amide bonds. The second-order valence-electron chi connectivity index (χ2n) is 5.29. The summed E-state index contributed by atoms with van der Waals surface area (Å²) in [6.45, 7) is 4.89. The fourth-order valence-corrected chi connectivity index (χ4v) is 2.11. The number of hydrogen-bond donors (Lipinski definition) is 2. The number of nitrogens with one attached hydrogen (secondary N) is 1. The van der Waals surface area contributed by atoms with E-state index in [2.05, 4.69) is 29.1 Å². The van der Waals surface area contributed by atoms with Crippen molar-refractivity contribution in [2.24, 2.45) is 0 Å². The van der Waals surface area contributed by atoms with Crippen LogP contribution in [0, 0.1) is 0 Å². The molecule has 2 rings (SSSR count). The highest BCUT2D eigenvalue weighted by molar-refractivity contribution is 5.45. The molecule has 0 aliphatic heterocycles. The molecule has 3 N–H and O–H groups in total. The first-order valence-corrected chi connectivity index (χ1v) is 6.48. The molecule has 1 saturated carbocycles. The lowest BCUT2D eigenvalue weighted by Gasteiger charge is -2.40. The molecule has 18 heavy (non-hydrogen) atoms. The number of nitrogen functional groups attached to an aromatic ring is 1. The Kier molecular flexibility index (Phi) is 3.71. The fourth-order valence-electron chi connectivity index (χ4n) is 2.11. The number of hydrogen-bond acceptors (Lipinski definition) is 5. The summed E-state index contributed by atoms with van der Waals surface area (Å²) in [5, 5.41) is 3.32. The number of methoxy groups -OCH3 is 1. The lowest BCUT2D eigenvalue weighted by Crippen LogP contribution is -2.45. The Labute approximate surface area is 108 Å². The quantitative estimate of drug-likeness (QED) is 0.837. The molecule has 0 bridgehead atoms. The van der Waals surface area contributed by atoms with Crippen LogP contribution in [0.1, 0.15) is 44.9 Å². The number of rotatable bonds is 5. The minimum absolute atomic E-state index is 0.0162. The highest BCUT2D eigenvalue weighted by Crippen LogP contribution is 2.35. The van der Waals surface area contributed by atoms with E-state index >= 15 is 0 Å². The Morgan fingerprint density at radius 3 is 2.67 bits per heavy atom. The van der Waals surface area contributed by atoms with Crippen LogP contribution < -0.4 is 11.1 Å². The molecule has 5 heteroatoms. The Morgan fingerprint density at radius 1 is 1.44 bits per heavy atom. The molecule has 1 fully saturated rings. The lowest BCUT2D eigenvalue weighted by molar-refractivity contribution is -0.0601. The van der Waals surface area contributed by atoms with Crippen molar-refractivity contribution >= 4 is 11.6 Å². The van der Waals surface area contributed by atoms with Gasteiger partial charge in [-0.15, -0.1) is 0 Å². The van der Waals surface area contributed by atoms with Crippen molar-refractivity contribution in [1.82, 2.24) is 9.97 Å². The van der Waals surface area contributed by atoms with Crippen LogP contribution in [0.3, 0.4) is 0 Å². The molecule has 0 radical (unpaired) electrons. The molecule has 0 saturated heterocycles. The predicted octanol–water partition coefficient (Wildman–Crippen LogP) is 2.16. The van der Waals surface area contributed by atoms with Gasteiger partial charge in [-0.2, -0.15) is 0 Å². The fraction of sp³-hybridized carbons (Fsp3) is 0.692. The molecule has 1 aliphatic rings. The van der Waals surface area contributed by atoms with E-state index < -0.39 is 0 Å². The van der Waals surface area contributed by atoms with E-state index in [0.717, 1.165) is 31.0 Å². The average molecular weight is 250 g/mol. The maximum Gasteiger partial charge on any atom is 0.135 e. The standard InChI is InChI=1S/C13H22N4O/c1-9(2)12-16-10(14)7-11(17-12)15-8-13(18-3)5-4-6-13/h7,9H,4-6,8H2,1-3H3,(H3,14,15,16,17). The van der Waals surface area contributed by atoms with Gasteiger partial charge in [-0.1, -0.05) is 13.8 Å². The second-order valence-corrected chi connectivity index (χ2v) is 5.29. The van der Waals surface area contributed by atoms with Gasteiger partial charge in [0.25, 0.3) is 0 Å². The molecule has 0 atom stereocenters. The minimum Gasteiger partial charge on any atom is -0.384 e. The SMILES string of the molecule is COC1(CNc2cc(N)nc(C(C)C)n2)CCC1. The Bertz CT molecular complexity index is 410. The van der Waals surface area contributed by atoms with E-state index in [0.29, 0.717) is 5.82 Å². The first-order valence-electron chi connectivity index (χ1n) is 6.48. The summed E-state index contributed by atoms with van der Waals surface area (Å²) >= 11 is 0. The van der Waals surface area contributed by atoms with E-state index in [1.54, 1.807) is 13.2 Å². The number of ether oxygens (including phenoxy) is 1. The van der Waals surface area contributed by atoms with Gasteiger partial charge in [0.2, 0.25) is 0 Å². The maximum atomic E-state index is 5.79. The van der Waals surface area contributed by atoms with E-state index in [1.165, 1.54) is 6.42 Å². The summed E-state index contributed by atoms with van der Waals surface area (Å²) in [6, 6.07) is 1.77. The number of nitrogens with zero attached hydrogens (tertiary/aromatic N) is 2. The Balaban J connectivity index is 2.05. The molecule has 5 nitrogen and oxygen atoms in total. The topological polar surface area (TPSA) is 73.1 Å². The summed E-state index contributed by atoms with van der Waals surface area (Å²) in [6.07, 6.45) is 3.45. The molecular weight excluding hydrogens is 228 g/mol. The molecule has 0 spiro atoms. The predicted molar refractivity (Wildman–Crippen MR) is 72.6 cm³/mol. The van der Waals surface area contributed by atoms with Crippen molar-refractivity contribution in [3.8, 4) is 0 Å². The summed E-state index contributed by atoms with van der Waals surface area (Å²) in [5.74, 6) is 2.34. The number of aromatic nitrogens is 2. The lowest BCUT2D eigenvalue weighted by atomic mass is 9.80. The normalized spacial score (nSPS) is 17.6. The van der Waals surface area contributed by atoms with Crippen molar-refractivity contribution < 1.29 is 4.74 Å². The van der Waals surface area contributed by atoms with E-state index in [9.17, 15) is 0 Å². The maximum absolute atomic E-state index is 5.79. The molecule has 0 unspecified atom stereocenters. The van der Waals surface area contributed by atoms with Gasteiger partial charge in [0.05, 0.1) is 5.60 Å². The van der Waals surface area contributed by atoms with Crippen LogP contribution in [0.15, 0.2) is 6.07 Å². The summed E-state index contributed by atoms with van der Waals surface area (Å²) in [4.78, 5) is 8.70. The molecule has 0 aromatic carbocycles. The Morgan fingerprint density at radius 2 is 2.17 bits per heavy atom. The van der Waals surface area contributed by atoms with Gasteiger partial charge in [0.15, 0.2) is 0 Å². The van der Waals surface area contributed by atoms with Gasteiger partial charge in [-0.25, -0.2) is 9.97 Å². The Hall–Kier alpha value is -1.36. The highest BCUT2D eigenvalue weighted by Gasteiger charge is 2.36. The van der Waals surface area contributed by atoms with E-state index in [-0.39, 0.29) is 11.5 Å². The van der Waals surface area contributed by atoms with Gasteiger partial charge >= 0.3 is 0 Å². The zero-order valence-electron chi connectivity index (χ0n) is 11.4. The molecular formula is C13H22N4O. The minimum atomic E-state index is -0.0162. The van der Waals surface area contributed by atoms with Crippen LogP contribution >= 0.6 is 0 Å². The monoisotopic (exact) mass is 250 g/mol. The summed E-state index contributed by atoms with van der Waals surface area (Å²) < 4.78 is 5.57. The van der Waals surface area contributed by atoms with Gasteiger partial charge in [0.1, 0.15) is 17.5 Å². The molecule has 100 valence electrons. The van der Waals surface area contributed by atoms with E-state index in [4.69, 9.17) is 10.5 Å². The van der Waals surface area contributed by atoms with Crippen molar-refractivity contribution in [3.63, 3.8) is 0 Å². The van der Waals surface area contributed by atoms with Gasteiger partial charge in [0, 0.05) is 25.6 Å². The van der Waals surface area contributed by atoms with Gasteiger partial charge in [-0.3, -0.25) is 0 Å². The smallest absolute Gasteiger partial charge is 0.135 e. The molecule has 1 heterocycles. The van der Waals surface area contributed by atoms with Gasteiger partial charge in [-0.05, 0) is 19.3 Å². The van der Waals surface area contributed by atoms with Crippen LogP contribution in [-0.4, -0.2) is 29.2 Å². The summed E-state index contributed by atoms with van der Waals surface area (Å²) in [5.41, 5.74) is 5.78. The molecule has 1 aromatic rings. The van der Waals surface area contributed by atoms with Gasteiger partial charge < -0.3 is 15.8 Å². The number of anilines is 2. The third kappa shape index (κ3) is 2.72.